The SMILES string of the molecule is Nc1ccc(CCNc2nc(NCCCCO)nc(Nc3cccc(N)c3)n2)cc1. The maximum Gasteiger partial charge on any atom is 0.233 e. The van der Waals surface area contributed by atoms with Gasteiger partial charge in [0.1, 0.15) is 0 Å². The van der Waals surface area contributed by atoms with E-state index in [0.29, 0.717) is 36.6 Å². The van der Waals surface area contributed by atoms with Gasteiger partial charge in [-0.05, 0) is 55.2 Å². The molecule has 0 saturated carbocycles. The lowest BCUT2D eigenvalue weighted by Crippen LogP contribution is -2.13. The number of nitrogens with one attached hydrogen (secondary N) is 3. The van der Waals surface area contributed by atoms with E-state index in [1.165, 1.54) is 5.56 Å². The molecular formula is C21H28N8O. The van der Waals surface area contributed by atoms with Crippen LogP contribution in [0.1, 0.15) is 18.4 Å². The molecule has 3 rings (SSSR count). The molecule has 0 bridgehead atoms. The molecule has 0 unspecified atom stereocenters. The number of aromatic nitrogens is 3. The highest BCUT2D eigenvalue weighted by molar-refractivity contribution is 5.60. The molecule has 158 valence electrons. The minimum absolute atomic E-state index is 0.166. The summed E-state index contributed by atoms with van der Waals surface area (Å²) in [5, 5.41) is 18.5. The van der Waals surface area contributed by atoms with Gasteiger partial charge in [-0.2, -0.15) is 15.0 Å². The molecule has 0 amide bonds. The smallest absolute Gasteiger partial charge is 0.233 e. The average molecular weight is 409 g/mol. The topological polar surface area (TPSA) is 147 Å². The summed E-state index contributed by atoms with van der Waals surface area (Å²) < 4.78 is 0. The van der Waals surface area contributed by atoms with Crippen molar-refractivity contribution in [3.8, 4) is 0 Å². The largest absolute Gasteiger partial charge is 0.399 e. The summed E-state index contributed by atoms with van der Waals surface area (Å²) in [6.07, 6.45) is 2.35. The molecule has 8 N–H and O–H groups in total. The van der Waals surface area contributed by atoms with Crippen LogP contribution in [-0.4, -0.2) is 39.8 Å². The molecule has 0 aliphatic heterocycles. The second kappa shape index (κ2) is 10.8. The molecule has 0 saturated heterocycles. The first-order chi connectivity index (χ1) is 14.6. The second-order valence-corrected chi connectivity index (χ2v) is 6.83. The second-order valence-electron chi connectivity index (χ2n) is 6.83. The molecule has 9 nitrogen and oxygen atoms in total. The molecule has 9 heteroatoms. The van der Waals surface area contributed by atoms with Crippen LogP contribution in [-0.2, 0) is 6.42 Å². The standard InChI is InChI=1S/C21H28N8O/c22-16-8-6-15(7-9-16)10-12-25-20-27-19(24-11-1-2-13-30)28-21(29-20)26-18-5-3-4-17(23)14-18/h3-9,14,30H,1-2,10-13,22-23H2,(H3,24,25,26,27,28,29). The van der Waals surface area contributed by atoms with E-state index in [-0.39, 0.29) is 6.61 Å². The Labute approximate surface area is 176 Å². The van der Waals surface area contributed by atoms with Gasteiger partial charge in [-0.3, -0.25) is 0 Å². The Kier molecular flexibility index (Phi) is 7.62. The van der Waals surface area contributed by atoms with Gasteiger partial charge in [0.2, 0.25) is 17.8 Å². The molecule has 0 spiro atoms. The fourth-order valence-corrected chi connectivity index (χ4v) is 2.78. The Hall–Kier alpha value is -3.59. The third kappa shape index (κ3) is 6.78. The number of nitrogens with zero attached hydrogens (tertiary/aromatic N) is 3. The molecule has 0 fully saturated rings. The first-order valence-electron chi connectivity index (χ1n) is 9.94. The van der Waals surface area contributed by atoms with Crippen LogP contribution in [0.4, 0.5) is 34.9 Å². The molecule has 2 aromatic carbocycles. The zero-order valence-electron chi connectivity index (χ0n) is 16.8. The van der Waals surface area contributed by atoms with Crippen molar-refractivity contribution in [3.63, 3.8) is 0 Å². The molecule has 30 heavy (non-hydrogen) atoms. The number of benzene rings is 2. The maximum absolute atomic E-state index is 8.94. The van der Waals surface area contributed by atoms with Crippen LogP contribution < -0.4 is 27.4 Å². The summed E-state index contributed by atoms with van der Waals surface area (Å²) >= 11 is 0. The van der Waals surface area contributed by atoms with Gasteiger partial charge in [-0.1, -0.05) is 18.2 Å². The number of aliphatic hydroxyl groups is 1. The number of aliphatic hydroxyl groups excluding tert-OH is 1. The van der Waals surface area contributed by atoms with Gasteiger partial charge in [0, 0.05) is 36.8 Å². The average Bonchev–Trinajstić information content (AvgIpc) is 2.73. The van der Waals surface area contributed by atoms with Gasteiger partial charge >= 0.3 is 0 Å². The van der Waals surface area contributed by atoms with Crippen LogP contribution in [0.25, 0.3) is 0 Å². The Morgan fingerprint density at radius 1 is 0.767 bits per heavy atom. The first kappa shape index (κ1) is 21.1. The van der Waals surface area contributed by atoms with Gasteiger partial charge in [0.25, 0.3) is 0 Å². The van der Waals surface area contributed by atoms with Crippen molar-refractivity contribution in [2.75, 3.05) is 47.1 Å². The van der Waals surface area contributed by atoms with Crippen LogP contribution in [0.3, 0.4) is 0 Å². The van der Waals surface area contributed by atoms with E-state index < -0.39 is 0 Å². The van der Waals surface area contributed by atoms with Crippen LogP contribution in [0, 0.1) is 0 Å². The number of nitrogen functional groups attached to an aromatic ring is 2. The van der Waals surface area contributed by atoms with Crippen molar-refractivity contribution in [3.05, 3.63) is 54.1 Å². The number of hydrogen-bond donors (Lipinski definition) is 6. The summed E-state index contributed by atoms with van der Waals surface area (Å²) in [5.41, 5.74) is 14.9. The molecule has 0 aliphatic carbocycles. The highest BCUT2D eigenvalue weighted by Crippen LogP contribution is 2.18. The van der Waals surface area contributed by atoms with Crippen molar-refractivity contribution in [1.82, 2.24) is 15.0 Å². The molecule has 0 atom stereocenters. The van der Waals surface area contributed by atoms with Gasteiger partial charge in [0.15, 0.2) is 0 Å². The lowest BCUT2D eigenvalue weighted by molar-refractivity contribution is 0.286. The van der Waals surface area contributed by atoms with Crippen LogP contribution >= 0.6 is 0 Å². The number of unbranched alkanes of at least 4 members (excludes halogenated alkanes) is 1. The molecule has 0 radical (unpaired) electrons. The monoisotopic (exact) mass is 408 g/mol. The lowest BCUT2D eigenvalue weighted by Gasteiger charge is -2.12. The minimum atomic E-state index is 0.166. The summed E-state index contributed by atoms with van der Waals surface area (Å²) in [5.74, 6) is 1.34. The summed E-state index contributed by atoms with van der Waals surface area (Å²) in [6, 6.07) is 15.2. The molecule has 1 aromatic heterocycles. The highest BCUT2D eigenvalue weighted by atomic mass is 16.2. The third-order valence-electron chi connectivity index (χ3n) is 4.32. The molecule has 3 aromatic rings. The fraction of sp³-hybridized carbons (Fsp3) is 0.286. The lowest BCUT2D eigenvalue weighted by atomic mass is 10.1. The Morgan fingerprint density at radius 3 is 2.17 bits per heavy atom. The van der Waals surface area contributed by atoms with Crippen molar-refractivity contribution < 1.29 is 5.11 Å². The van der Waals surface area contributed by atoms with E-state index >= 15 is 0 Å². The van der Waals surface area contributed by atoms with Gasteiger partial charge in [-0.15, -0.1) is 0 Å². The normalized spacial score (nSPS) is 10.6. The highest BCUT2D eigenvalue weighted by Gasteiger charge is 2.07. The van der Waals surface area contributed by atoms with E-state index in [0.717, 1.165) is 30.6 Å². The van der Waals surface area contributed by atoms with Gasteiger partial charge in [-0.25, -0.2) is 0 Å². The Balaban J connectivity index is 1.68. The fourth-order valence-electron chi connectivity index (χ4n) is 2.78. The number of hydrogen-bond acceptors (Lipinski definition) is 9. The van der Waals surface area contributed by atoms with Crippen molar-refractivity contribution in [1.29, 1.82) is 0 Å². The van der Waals surface area contributed by atoms with E-state index in [4.69, 9.17) is 16.6 Å². The van der Waals surface area contributed by atoms with Crippen molar-refractivity contribution >= 4 is 34.9 Å². The van der Waals surface area contributed by atoms with E-state index in [9.17, 15) is 0 Å². The van der Waals surface area contributed by atoms with Crippen LogP contribution in [0.2, 0.25) is 0 Å². The summed E-state index contributed by atoms with van der Waals surface area (Å²) in [6.45, 7) is 1.49. The van der Waals surface area contributed by atoms with Gasteiger partial charge in [0.05, 0.1) is 0 Å². The number of nitrogens with two attached hydrogens (primary N) is 2. The quantitative estimate of drug-likeness (QED) is 0.208. The predicted octanol–water partition coefficient (Wildman–Crippen LogP) is 2.62. The predicted molar refractivity (Wildman–Crippen MR) is 122 cm³/mol. The summed E-state index contributed by atoms with van der Waals surface area (Å²) in [4.78, 5) is 13.3. The Morgan fingerprint density at radius 2 is 1.47 bits per heavy atom. The maximum atomic E-state index is 8.94. The molecular weight excluding hydrogens is 380 g/mol. The van der Waals surface area contributed by atoms with Gasteiger partial charge < -0.3 is 32.5 Å². The summed E-state index contributed by atoms with van der Waals surface area (Å²) in [7, 11) is 0. The Bertz CT molecular complexity index is 933. The van der Waals surface area contributed by atoms with E-state index in [1.54, 1.807) is 0 Å². The van der Waals surface area contributed by atoms with Crippen molar-refractivity contribution in [2.24, 2.45) is 0 Å². The zero-order valence-corrected chi connectivity index (χ0v) is 16.8. The number of anilines is 6. The zero-order chi connectivity index (χ0) is 21.2. The van der Waals surface area contributed by atoms with Crippen molar-refractivity contribution in [2.45, 2.75) is 19.3 Å². The molecule has 1 heterocycles. The van der Waals surface area contributed by atoms with E-state index in [1.807, 2.05) is 48.5 Å². The first-order valence-corrected chi connectivity index (χ1v) is 9.94. The van der Waals surface area contributed by atoms with Crippen LogP contribution in [0.5, 0.6) is 0 Å². The van der Waals surface area contributed by atoms with E-state index in [2.05, 4.69) is 30.9 Å². The third-order valence-corrected chi connectivity index (χ3v) is 4.32. The molecule has 0 aliphatic rings. The minimum Gasteiger partial charge on any atom is -0.399 e. The van der Waals surface area contributed by atoms with Crippen LogP contribution in [0.15, 0.2) is 48.5 Å². The number of rotatable bonds is 11.